The number of nitrogens with zero attached hydrogens (tertiary/aromatic N) is 1. The SMILES string of the molecule is CCC(C)C(CO)NC(=O)c1ccc2ccn(CCOC)c2c1. The van der Waals surface area contributed by atoms with Crippen LogP contribution in [-0.4, -0.2) is 41.9 Å². The number of hydrogen-bond donors (Lipinski definition) is 2. The number of carbonyl (C=O) groups is 1. The molecule has 126 valence electrons. The lowest BCUT2D eigenvalue weighted by atomic mass is 9.99. The van der Waals surface area contributed by atoms with Crippen molar-refractivity contribution in [2.24, 2.45) is 5.92 Å². The molecule has 0 aliphatic heterocycles. The number of rotatable bonds is 8. The number of amides is 1. The van der Waals surface area contributed by atoms with Crippen LogP contribution in [0.25, 0.3) is 10.9 Å². The Morgan fingerprint density at radius 1 is 1.39 bits per heavy atom. The van der Waals surface area contributed by atoms with E-state index in [0.29, 0.717) is 12.2 Å². The van der Waals surface area contributed by atoms with E-state index in [2.05, 4.69) is 9.88 Å². The second kappa shape index (κ2) is 8.13. The molecule has 0 fully saturated rings. The van der Waals surface area contributed by atoms with Crippen LogP contribution in [0.2, 0.25) is 0 Å². The average molecular weight is 318 g/mol. The van der Waals surface area contributed by atoms with Crippen molar-refractivity contribution < 1.29 is 14.6 Å². The second-order valence-corrected chi connectivity index (χ2v) is 5.92. The molecule has 1 amide bonds. The summed E-state index contributed by atoms with van der Waals surface area (Å²) in [5.41, 5.74) is 1.62. The van der Waals surface area contributed by atoms with Gasteiger partial charge < -0.3 is 19.7 Å². The normalized spacial score (nSPS) is 13.9. The molecule has 5 nitrogen and oxygen atoms in total. The highest BCUT2D eigenvalue weighted by Crippen LogP contribution is 2.18. The molecule has 1 heterocycles. The van der Waals surface area contributed by atoms with Crippen molar-refractivity contribution in [1.29, 1.82) is 0 Å². The largest absolute Gasteiger partial charge is 0.394 e. The summed E-state index contributed by atoms with van der Waals surface area (Å²) in [6.07, 6.45) is 2.91. The van der Waals surface area contributed by atoms with Crippen molar-refractivity contribution in [3.8, 4) is 0 Å². The molecule has 2 unspecified atom stereocenters. The standard InChI is InChI=1S/C18H26N2O3/c1-4-13(2)16(12-21)19-18(22)15-6-5-14-7-8-20(9-10-23-3)17(14)11-15/h5-8,11,13,16,21H,4,9-10,12H2,1-3H3,(H,19,22). The quantitative estimate of drug-likeness (QED) is 0.786. The van der Waals surface area contributed by atoms with Gasteiger partial charge in [0, 0.05) is 30.9 Å². The lowest BCUT2D eigenvalue weighted by Crippen LogP contribution is -2.41. The second-order valence-electron chi connectivity index (χ2n) is 5.92. The van der Waals surface area contributed by atoms with Crippen molar-refractivity contribution in [1.82, 2.24) is 9.88 Å². The van der Waals surface area contributed by atoms with Gasteiger partial charge in [-0.25, -0.2) is 0 Å². The number of aliphatic hydroxyl groups is 1. The van der Waals surface area contributed by atoms with Gasteiger partial charge in [-0.1, -0.05) is 26.3 Å². The van der Waals surface area contributed by atoms with Crippen LogP contribution in [0, 0.1) is 5.92 Å². The molecule has 2 N–H and O–H groups in total. The fraction of sp³-hybridized carbons (Fsp3) is 0.500. The van der Waals surface area contributed by atoms with Gasteiger partial charge >= 0.3 is 0 Å². The van der Waals surface area contributed by atoms with Gasteiger partial charge in [0.1, 0.15) is 0 Å². The Kier molecular flexibility index (Phi) is 6.19. The van der Waals surface area contributed by atoms with E-state index in [-0.39, 0.29) is 24.5 Å². The van der Waals surface area contributed by atoms with E-state index in [4.69, 9.17) is 4.74 Å². The number of aliphatic hydroxyl groups excluding tert-OH is 1. The minimum absolute atomic E-state index is 0.0484. The number of nitrogens with one attached hydrogen (secondary N) is 1. The monoisotopic (exact) mass is 318 g/mol. The number of aromatic nitrogens is 1. The molecule has 0 radical (unpaired) electrons. The first kappa shape index (κ1) is 17.5. The third kappa shape index (κ3) is 4.12. The Morgan fingerprint density at radius 3 is 2.83 bits per heavy atom. The van der Waals surface area contributed by atoms with E-state index < -0.39 is 0 Å². The highest BCUT2D eigenvalue weighted by Gasteiger charge is 2.18. The van der Waals surface area contributed by atoms with Crippen LogP contribution in [0.5, 0.6) is 0 Å². The van der Waals surface area contributed by atoms with Crippen molar-refractivity contribution in [3.05, 3.63) is 36.0 Å². The highest BCUT2D eigenvalue weighted by atomic mass is 16.5. The Labute approximate surface area is 137 Å². The fourth-order valence-electron chi connectivity index (χ4n) is 2.61. The summed E-state index contributed by atoms with van der Waals surface area (Å²) in [5.74, 6) is 0.0870. The van der Waals surface area contributed by atoms with Crippen molar-refractivity contribution in [3.63, 3.8) is 0 Å². The van der Waals surface area contributed by atoms with Gasteiger partial charge in [0.15, 0.2) is 0 Å². The molecule has 0 aliphatic carbocycles. The molecule has 1 aromatic heterocycles. The van der Waals surface area contributed by atoms with Crippen LogP contribution in [0.3, 0.4) is 0 Å². The molecule has 2 atom stereocenters. The van der Waals surface area contributed by atoms with Gasteiger partial charge in [0.05, 0.1) is 19.3 Å². The zero-order chi connectivity index (χ0) is 16.8. The first-order valence-corrected chi connectivity index (χ1v) is 8.10. The molecule has 0 saturated heterocycles. The number of methoxy groups -OCH3 is 1. The van der Waals surface area contributed by atoms with E-state index in [1.165, 1.54) is 0 Å². The molecule has 2 rings (SSSR count). The maximum atomic E-state index is 12.5. The third-order valence-electron chi connectivity index (χ3n) is 4.42. The van der Waals surface area contributed by atoms with Crippen molar-refractivity contribution >= 4 is 16.8 Å². The van der Waals surface area contributed by atoms with E-state index in [0.717, 1.165) is 23.9 Å². The Bertz CT molecular complexity index is 651. The molecule has 0 spiro atoms. The summed E-state index contributed by atoms with van der Waals surface area (Å²) >= 11 is 0. The first-order valence-electron chi connectivity index (χ1n) is 8.10. The van der Waals surface area contributed by atoms with E-state index in [1.54, 1.807) is 7.11 Å². The Morgan fingerprint density at radius 2 is 2.17 bits per heavy atom. The van der Waals surface area contributed by atoms with Gasteiger partial charge in [0.25, 0.3) is 5.91 Å². The lowest BCUT2D eigenvalue weighted by Gasteiger charge is -2.22. The molecule has 0 aliphatic rings. The predicted octanol–water partition coefficient (Wildman–Crippen LogP) is 2.42. The Hall–Kier alpha value is -1.85. The third-order valence-corrected chi connectivity index (χ3v) is 4.42. The lowest BCUT2D eigenvalue weighted by molar-refractivity contribution is 0.0891. The van der Waals surface area contributed by atoms with Crippen LogP contribution in [0.4, 0.5) is 0 Å². The Balaban J connectivity index is 2.20. The van der Waals surface area contributed by atoms with Gasteiger partial charge in [-0.2, -0.15) is 0 Å². The number of fused-ring (bicyclic) bond motifs is 1. The molecule has 0 saturated carbocycles. The predicted molar refractivity (Wildman–Crippen MR) is 91.6 cm³/mol. The topological polar surface area (TPSA) is 63.5 Å². The summed E-state index contributed by atoms with van der Waals surface area (Å²) in [5, 5.41) is 13.5. The van der Waals surface area contributed by atoms with Crippen LogP contribution in [0.1, 0.15) is 30.6 Å². The van der Waals surface area contributed by atoms with E-state index >= 15 is 0 Å². The summed E-state index contributed by atoms with van der Waals surface area (Å²) in [4.78, 5) is 12.5. The van der Waals surface area contributed by atoms with Crippen LogP contribution in [0.15, 0.2) is 30.5 Å². The van der Waals surface area contributed by atoms with Gasteiger partial charge in [0.2, 0.25) is 0 Å². The number of carbonyl (C=O) groups excluding carboxylic acids is 1. The van der Waals surface area contributed by atoms with Gasteiger partial charge in [-0.15, -0.1) is 0 Å². The molecule has 23 heavy (non-hydrogen) atoms. The summed E-state index contributed by atoms with van der Waals surface area (Å²) in [6.45, 7) is 5.40. The number of ether oxygens (including phenoxy) is 1. The highest BCUT2D eigenvalue weighted by molar-refractivity contribution is 5.98. The van der Waals surface area contributed by atoms with E-state index in [9.17, 15) is 9.90 Å². The summed E-state index contributed by atoms with van der Waals surface area (Å²) in [6, 6.07) is 7.48. The molecule has 0 bridgehead atoms. The van der Waals surface area contributed by atoms with Crippen LogP contribution < -0.4 is 5.32 Å². The molecule has 1 aromatic carbocycles. The molecular formula is C18H26N2O3. The van der Waals surface area contributed by atoms with E-state index in [1.807, 2.05) is 44.3 Å². The van der Waals surface area contributed by atoms with Crippen LogP contribution >= 0.6 is 0 Å². The minimum atomic E-state index is -0.219. The minimum Gasteiger partial charge on any atom is -0.394 e. The molecular weight excluding hydrogens is 292 g/mol. The smallest absolute Gasteiger partial charge is 0.251 e. The molecule has 5 heteroatoms. The first-order chi connectivity index (χ1) is 11.1. The maximum Gasteiger partial charge on any atom is 0.251 e. The number of benzene rings is 1. The average Bonchev–Trinajstić information content (AvgIpc) is 2.99. The number of hydrogen-bond acceptors (Lipinski definition) is 3. The van der Waals surface area contributed by atoms with Gasteiger partial charge in [-0.05, 0) is 29.5 Å². The van der Waals surface area contributed by atoms with Gasteiger partial charge in [-0.3, -0.25) is 4.79 Å². The summed E-state index contributed by atoms with van der Waals surface area (Å²) < 4.78 is 7.20. The van der Waals surface area contributed by atoms with Crippen LogP contribution in [-0.2, 0) is 11.3 Å². The van der Waals surface area contributed by atoms with Crippen molar-refractivity contribution in [2.75, 3.05) is 20.3 Å². The maximum absolute atomic E-state index is 12.5. The molecule has 2 aromatic rings. The zero-order valence-electron chi connectivity index (χ0n) is 14.1. The summed E-state index contributed by atoms with van der Waals surface area (Å²) in [7, 11) is 1.68. The fourth-order valence-corrected chi connectivity index (χ4v) is 2.61. The van der Waals surface area contributed by atoms with Crippen molar-refractivity contribution in [2.45, 2.75) is 32.9 Å². The zero-order valence-corrected chi connectivity index (χ0v) is 14.1.